The number of hydrogen-bond donors (Lipinski definition) is 2. The lowest BCUT2D eigenvalue weighted by Crippen LogP contribution is -2.44. The van der Waals surface area contributed by atoms with Crippen molar-refractivity contribution in [1.29, 1.82) is 0 Å². The van der Waals surface area contributed by atoms with Crippen LogP contribution in [0, 0.1) is 0 Å². The Morgan fingerprint density at radius 2 is 2.12 bits per heavy atom. The highest BCUT2D eigenvalue weighted by Crippen LogP contribution is 2.05. The zero-order valence-corrected chi connectivity index (χ0v) is 11.1. The normalized spacial score (nSPS) is 18.4. The molecular formula is C11H23N3OS. The molecule has 2 N–H and O–H groups in total. The molecule has 1 unspecified atom stereocenters. The lowest BCUT2D eigenvalue weighted by atomic mass is 10.4. The van der Waals surface area contributed by atoms with Crippen LogP contribution in [0.3, 0.4) is 0 Å². The predicted octanol–water partition coefficient (Wildman–Crippen LogP) is 0.581. The number of thiocarbonyl (C=S) groups is 1. The second-order valence-electron chi connectivity index (χ2n) is 4.31. The summed E-state index contributed by atoms with van der Waals surface area (Å²) in [5, 5.41) is 7.13. The first-order chi connectivity index (χ1) is 7.72. The fraction of sp³-hybridized carbons (Fsp3) is 0.909. The molecule has 16 heavy (non-hydrogen) atoms. The first kappa shape index (κ1) is 13.7. The molecule has 1 rings (SSSR count). The van der Waals surface area contributed by atoms with Crippen LogP contribution in [0.5, 0.6) is 0 Å². The molecule has 0 bridgehead atoms. The van der Waals surface area contributed by atoms with Crippen molar-refractivity contribution in [2.45, 2.75) is 25.8 Å². The Morgan fingerprint density at radius 1 is 1.44 bits per heavy atom. The summed E-state index contributed by atoms with van der Waals surface area (Å²) in [7, 11) is 1.70. The Kier molecular flexibility index (Phi) is 6.68. The van der Waals surface area contributed by atoms with E-state index in [1.54, 1.807) is 7.11 Å². The number of rotatable bonds is 6. The predicted molar refractivity (Wildman–Crippen MR) is 70.7 cm³/mol. The second-order valence-corrected chi connectivity index (χ2v) is 4.71. The van der Waals surface area contributed by atoms with Gasteiger partial charge in [-0.25, -0.2) is 0 Å². The molecule has 1 aliphatic heterocycles. The van der Waals surface area contributed by atoms with Crippen LogP contribution in [0.1, 0.15) is 19.8 Å². The summed E-state index contributed by atoms with van der Waals surface area (Å²) in [5.41, 5.74) is 0. The van der Waals surface area contributed by atoms with Gasteiger partial charge in [0.25, 0.3) is 0 Å². The van der Waals surface area contributed by atoms with E-state index in [1.165, 1.54) is 25.9 Å². The Labute approximate surface area is 104 Å². The summed E-state index contributed by atoms with van der Waals surface area (Å²) in [6, 6.07) is 0.261. The maximum absolute atomic E-state index is 5.19. The number of methoxy groups -OCH3 is 1. The molecule has 1 fully saturated rings. The van der Waals surface area contributed by atoms with E-state index in [-0.39, 0.29) is 6.04 Å². The highest BCUT2D eigenvalue weighted by atomic mass is 32.1. The van der Waals surface area contributed by atoms with Gasteiger partial charge in [-0.2, -0.15) is 0 Å². The molecule has 0 amide bonds. The van der Waals surface area contributed by atoms with Crippen molar-refractivity contribution in [3.05, 3.63) is 0 Å². The van der Waals surface area contributed by atoms with Crippen LogP contribution < -0.4 is 10.6 Å². The Hall–Kier alpha value is -0.390. The Balaban J connectivity index is 2.01. The van der Waals surface area contributed by atoms with E-state index in [1.807, 2.05) is 0 Å². The third-order valence-corrected chi connectivity index (χ3v) is 2.97. The average molecular weight is 245 g/mol. The minimum atomic E-state index is 0.261. The van der Waals surface area contributed by atoms with Crippen LogP contribution in [0.2, 0.25) is 0 Å². The summed E-state index contributed by atoms with van der Waals surface area (Å²) < 4.78 is 5.03. The van der Waals surface area contributed by atoms with Crippen molar-refractivity contribution in [3.63, 3.8) is 0 Å². The van der Waals surface area contributed by atoms with Crippen LogP contribution in [0.4, 0.5) is 0 Å². The number of ether oxygens (including phenoxy) is 1. The van der Waals surface area contributed by atoms with Crippen molar-refractivity contribution < 1.29 is 4.74 Å². The monoisotopic (exact) mass is 245 g/mol. The van der Waals surface area contributed by atoms with E-state index in [2.05, 4.69) is 22.5 Å². The molecule has 0 aliphatic carbocycles. The molecule has 0 spiro atoms. The zero-order chi connectivity index (χ0) is 11.8. The fourth-order valence-corrected chi connectivity index (χ4v) is 2.20. The molecule has 0 aromatic rings. The molecule has 0 aromatic carbocycles. The molecule has 1 aliphatic rings. The van der Waals surface area contributed by atoms with Crippen LogP contribution in [0.15, 0.2) is 0 Å². The van der Waals surface area contributed by atoms with Crippen molar-refractivity contribution >= 4 is 17.3 Å². The minimum Gasteiger partial charge on any atom is -0.383 e. The summed E-state index contributed by atoms with van der Waals surface area (Å²) in [4.78, 5) is 2.47. The zero-order valence-electron chi connectivity index (χ0n) is 10.3. The van der Waals surface area contributed by atoms with Gasteiger partial charge in [0.05, 0.1) is 6.61 Å². The van der Waals surface area contributed by atoms with E-state index in [0.717, 1.165) is 18.2 Å². The van der Waals surface area contributed by atoms with Crippen molar-refractivity contribution in [1.82, 2.24) is 15.5 Å². The third kappa shape index (κ3) is 5.63. The highest BCUT2D eigenvalue weighted by molar-refractivity contribution is 7.80. The number of nitrogens with one attached hydrogen (secondary N) is 2. The van der Waals surface area contributed by atoms with Gasteiger partial charge in [0.15, 0.2) is 5.11 Å². The first-order valence-electron chi connectivity index (χ1n) is 5.98. The molecule has 1 heterocycles. The van der Waals surface area contributed by atoms with Gasteiger partial charge in [0, 0.05) is 26.2 Å². The molecule has 0 radical (unpaired) electrons. The number of hydrogen-bond acceptors (Lipinski definition) is 3. The maximum atomic E-state index is 5.19. The van der Waals surface area contributed by atoms with Crippen LogP contribution in [-0.4, -0.2) is 55.9 Å². The maximum Gasteiger partial charge on any atom is 0.166 e. The molecule has 1 atom stereocenters. The Morgan fingerprint density at radius 3 is 2.75 bits per heavy atom. The first-order valence-corrected chi connectivity index (χ1v) is 6.39. The van der Waals surface area contributed by atoms with Crippen LogP contribution >= 0.6 is 12.2 Å². The van der Waals surface area contributed by atoms with Gasteiger partial charge < -0.3 is 20.3 Å². The summed E-state index contributed by atoms with van der Waals surface area (Å²) in [6.07, 6.45) is 2.68. The second kappa shape index (κ2) is 7.81. The highest BCUT2D eigenvalue weighted by Gasteiger charge is 2.10. The van der Waals surface area contributed by atoms with Crippen molar-refractivity contribution in [2.75, 3.05) is 39.9 Å². The van der Waals surface area contributed by atoms with Gasteiger partial charge in [0.2, 0.25) is 0 Å². The smallest absolute Gasteiger partial charge is 0.166 e. The molecule has 94 valence electrons. The van der Waals surface area contributed by atoms with Crippen molar-refractivity contribution in [3.8, 4) is 0 Å². The van der Waals surface area contributed by atoms with E-state index in [0.29, 0.717) is 6.61 Å². The molecule has 1 saturated heterocycles. The SMILES string of the molecule is COCC(C)NC(=S)NCCN1CCCC1. The largest absolute Gasteiger partial charge is 0.383 e. The molecule has 5 heteroatoms. The summed E-state index contributed by atoms with van der Waals surface area (Å²) in [5.74, 6) is 0. The van der Waals surface area contributed by atoms with E-state index < -0.39 is 0 Å². The lowest BCUT2D eigenvalue weighted by Gasteiger charge is -2.18. The van der Waals surface area contributed by atoms with Crippen LogP contribution in [-0.2, 0) is 4.74 Å². The van der Waals surface area contributed by atoms with Gasteiger partial charge in [-0.1, -0.05) is 0 Å². The average Bonchev–Trinajstić information content (AvgIpc) is 2.70. The molecule has 4 nitrogen and oxygen atoms in total. The van der Waals surface area contributed by atoms with Gasteiger partial charge in [-0.05, 0) is 45.1 Å². The van der Waals surface area contributed by atoms with Gasteiger partial charge in [0.1, 0.15) is 0 Å². The third-order valence-electron chi connectivity index (χ3n) is 2.71. The summed E-state index contributed by atoms with van der Waals surface area (Å²) in [6.45, 7) is 7.21. The quantitative estimate of drug-likeness (QED) is 0.670. The fourth-order valence-electron chi connectivity index (χ4n) is 1.90. The van der Waals surface area contributed by atoms with Gasteiger partial charge in [-0.3, -0.25) is 0 Å². The van der Waals surface area contributed by atoms with Gasteiger partial charge >= 0.3 is 0 Å². The van der Waals surface area contributed by atoms with E-state index in [9.17, 15) is 0 Å². The van der Waals surface area contributed by atoms with Gasteiger partial charge in [-0.15, -0.1) is 0 Å². The Bertz CT molecular complexity index is 207. The number of likely N-dealkylation sites (tertiary alicyclic amines) is 1. The lowest BCUT2D eigenvalue weighted by molar-refractivity contribution is 0.179. The topological polar surface area (TPSA) is 36.5 Å². The van der Waals surface area contributed by atoms with Crippen molar-refractivity contribution in [2.24, 2.45) is 0 Å². The van der Waals surface area contributed by atoms with E-state index >= 15 is 0 Å². The molecule has 0 saturated carbocycles. The minimum absolute atomic E-state index is 0.261. The van der Waals surface area contributed by atoms with Crippen LogP contribution in [0.25, 0.3) is 0 Å². The summed E-state index contributed by atoms with van der Waals surface area (Å²) >= 11 is 5.19. The standard InChI is InChI=1S/C11H23N3OS/c1-10(9-15-2)13-11(16)12-5-8-14-6-3-4-7-14/h10H,3-9H2,1-2H3,(H2,12,13,16). The molecule has 0 aromatic heterocycles. The van der Waals surface area contributed by atoms with E-state index in [4.69, 9.17) is 17.0 Å². The molecular weight excluding hydrogens is 222 g/mol. The number of nitrogens with zero attached hydrogens (tertiary/aromatic N) is 1.